The van der Waals surface area contributed by atoms with Crippen LogP contribution in [-0.2, 0) is 0 Å². The van der Waals surface area contributed by atoms with Crippen LogP contribution in [0.5, 0.6) is 0 Å². The van der Waals surface area contributed by atoms with Crippen LogP contribution in [0.2, 0.25) is 0 Å². The standard InChI is InChI=1S/C16H15FN2O2S/c17-14-3-1-2-12(10-14)15(20)18-5-7-19(8-6-18)16(21)13-4-9-22-11-13/h1-4,9-11H,5-8H2. The van der Waals surface area contributed by atoms with Gasteiger partial charge in [0.25, 0.3) is 11.8 Å². The van der Waals surface area contributed by atoms with Gasteiger partial charge in [0.1, 0.15) is 5.82 Å². The Balaban J connectivity index is 1.62. The molecule has 0 N–H and O–H groups in total. The molecule has 1 saturated heterocycles. The minimum atomic E-state index is -0.419. The van der Waals surface area contributed by atoms with Crippen LogP contribution in [0.3, 0.4) is 0 Å². The van der Waals surface area contributed by atoms with Gasteiger partial charge in [0, 0.05) is 37.1 Å². The maximum absolute atomic E-state index is 13.2. The molecular weight excluding hydrogens is 303 g/mol. The highest BCUT2D eigenvalue weighted by molar-refractivity contribution is 7.08. The van der Waals surface area contributed by atoms with Gasteiger partial charge in [-0.15, -0.1) is 0 Å². The number of carbonyl (C=O) groups is 2. The van der Waals surface area contributed by atoms with Crippen molar-refractivity contribution in [1.29, 1.82) is 0 Å². The second kappa shape index (κ2) is 6.27. The number of benzene rings is 1. The van der Waals surface area contributed by atoms with E-state index in [0.29, 0.717) is 37.3 Å². The molecule has 0 radical (unpaired) electrons. The van der Waals surface area contributed by atoms with E-state index in [1.165, 1.54) is 29.5 Å². The normalized spacial score (nSPS) is 15.0. The molecule has 3 rings (SSSR count). The number of nitrogens with zero attached hydrogens (tertiary/aromatic N) is 2. The summed E-state index contributed by atoms with van der Waals surface area (Å²) in [4.78, 5) is 28.0. The Morgan fingerprint density at radius 2 is 1.59 bits per heavy atom. The van der Waals surface area contributed by atoms with Crippen LogP contribution in [-0.4, -0.2) is 47.8 Å². The van der Waals surface area contributed by atoms with Crippen molar-refractivity contribution in [3.8, 4) is 0 Å². The molecule has 2 heterocycles. The van der Waals surface area contributed by atoms with E-state index in [2.05, 4.69) is 0 Å². The molecule has 1 aliphatic heterocycles. The number of amides is 2. The number of hydrogen-bond donors (Lipinski definition) is 0. The van der Waals surface area contributed by atoms with Gasteiger partial charge in [-0.3, -0.25) is 9.59 Å². The van der Waals surface area contributed by atoms with E-state index in [1.54, 1.807) is 21.9 Å². The highest BCUT2D eigenvalue weighted by atomic mass is 32.1. The first-order valence-electron chi connectivity index (χ1n) is 7.01. The predicted octanol–water partition coefficient (Wildman–Crippen LogP) is 2.49. The maximum atomic E-state index is 13.2. The zero-order valence-electron chi connectivity index (χ0n) is 11.9. The van der Waals surface area contributed by atoms with Gasteiger partial charge < -0.3 is 9.80 Å². The second-order valence-corrected chi connectivity index (χ2v) is 5.89. The Labute approximate surface area is 131 Å². The molecule has 1 fully saturated rings. The zero-order chi connectivity index (χ0) is 15.5. The summed E-state index contributed by atoms with van der Waals surface area (Å²) in [6.07, 6.45) is 0. The fourth-order valence-electron chi connectivity index (χ4n) is 2.49. The SMILES string of the molecule is O=C(c1ccsc1)N1CCN(C(=O)c2cccc(F)c2)CC1. The summed E-state index contributed by atoms with van der Waals surface area (Å²) in [5.41, 5.74) is 1.03. The molecule has 0 saturated carbocycles. The monoisotopic (exact) mass is 318 g/mol. The number of rotatable bonds is 2. The molecule has 1 aliphatic rings. The number of carbonyl (C=O) groups excluding carboxylic acids is 2. The van der Waals surface area contributed by atoms with Crippen LogP contribution in [0, 0.1) is 5.82 Å². The number of halogens is 1. The van der Waals surface area contributed by atoms with Gasteiger partial charge in [0.05, 0.1) is 5.56 Å². The molecule has 0 unspecified atom stereocenters. The lowest BCUT2D eigenvalue weighted by Crippen LogP contribution is -2.50. The van der Waals surface area contributed by atoms with E-state index in [1.807, 2.05) is 10.8 Å². The Bertz CT molecular complexity index is 679. The Morgan fingerprint density at radius 3 is 2.14 bits per heavy atom. The third-order valence-electron chi connectivity index (χ3n) is 3.69. The Hall–Kier alpha value is -2.21. The Morgan fingerprint density at radius 1 is 0.955 bits per heavy atom. The van der Waals surface area contributed by atoms with E-state index in [9.17, 15) is 14.0 Å². The summed E-state index contributed by atoms with van der Waals surface area (Å²) in [6.45, 7) is 1.92. The first kappa shape index (κ1) is 14.7. The van der Waals surface area contributed by atoms with Gasteiger partial charge in [-0.1, -0.05) is 6.07 Å². The van der Waals surface area contributed by atoms with Gasteiger partial charge in [0.15, 0.2) is 0 Å². The smallest absolute Gasteiger partial charge is 0.254 e. The molecule has 2 aromatic rings. The van der Waals surface area contributed by atoms with E-state index >= 15 is 0 Å². The minimum Gasteiger partial charge on any atom is -0.335 e. The van der Waals surface area contributed by atoms with Crippen molar-refractivity contribution in [3.63, 3.8) is 0 Å². The fraction of sp³-hybridized carbons (Fsp3) is 0.250. The molecule has 4 nitrogen and oxygen atoms in total. The first-order valence-corrected chi connectivity index (χ1v) is 7.96. The van der Waals surface area contributed by atoms with E-state index in [0.717, 1.165) is 0 Å². The van der Waals surface area contributed by atoms with Crippen molar-refractivity contribution >= 4 is 23.2 Å². The van der Waals surface area contributed by atoms with Crippen LogP contribution in [0.25, 0.3) is 0 Å². The van der Waals surface area contributed by atoms with Crippen molar-refractivity contribution in [3.05, 3.63) is 58.0 Å². The lowest BCUT2D eigenvalue weighted by atomic mass is 10.1. The molecule has 1 aromatic heterocycles. The van der Waals surface area contributed by atoms with Gasteiger partial charge in [0.2, 0.25) is 0 Å². The first-order chi connectivity index (χ1) is 10.6. The molecule has 6 heteroatoms. The molecule has 2 amide bonds. The summed E-state index contributed by atoms with van der Waals surface area (Å²) >= 11 is 1.49. The van der Waals surface area contributed by atoms with Crippen molar-refractivity contribution in [2.24, 2.45) is 0 Å². The maximum Gasteiger partial charge on any atom is 0.254 e. The van der Waals surface area contributed by atoms with E-state index in [4.69, 9.17) is 0 Å². The van der Waals surface area contributed by atoms with E-state index < -0.39 is 5.82 Å². The molecule has 22 heavy (non-hydrogen) atoms. The van der Waals surface area contributed by atoms with Crippen molar-refractivity contribution in [1.82, 2.24) is 9.80 Å². The molecule has 1 aromatic carbocycles. The van der Waals surface area contributed by atoms with Crippen molar-refractivity contribution in [2.45, 2.75) is 0 Å². The topological polar surface area (TPSA) is 40.6 Å². The molecule has 0 bridgehead atoms. The highest BCUT2D eigenvalue weighted by Crippen LogP contribution is 2.14. The lowest BCUT2D eigenvalue weighted by Gasteiger charge is -2.34. The summed E-state index contributed by atoms with van der Waals surface area (Å²) < 4.78 is 13.2. The summed E-state index contributed by atoms with van der Waals surface area (Å²) in [5, 5.41) is 3.70. The summed E-state index contributed by atoms with van der Waals surface area (Å²) in [5.74, 6) is -0.613. The van der Waals surface area contributed by atoms with Crippen LogP contribution in [0.4, 0.5) is 4.39 Å². The highest BCUT2D eigenvalue weighted by Gasteiger charge is 2.25. The average Bonchev–Trinajstić information content (AvgIpc) is 3.08. The molecule has 0 atom stereocenters. The minimum absolute atomic E-state index is 0.000829. The number of thiophene rings is 1. The quantitative estimate of drug-likeness (QED) is 0.853. The van der Waals surface area contributed by atoms with Crippen LogP contribution < -0.4 is 0 Å². The molecule has 0 aliphatic carbocycles. The van der Waals surface area contributed by atoms with Gasteiger partial charge in [-0.2, -0.15) is 11.3 Å². The van der Waals surface area contributed by atoms with Gasteiger partial charge in [-0.05, 0) is 29.6 Å². The van der Waals surface area contributed by atoms with Gasteiger partial charge in [-0.25, -0.2) is 4.39 Å². The van der Waals surface area contributed by atoms with Crippen LogP contribution in [0.1, 0.15) is 20.7 Å². The third kappa shape index (κ3) is 3.01. The van der Waals surface area contributed by atoms with Crippen LogP contribution >= 0.6 is 11.3 Å². The predicted molar refractivity (Wildman–Crippen MR) is 82.5 cm³/mol. The van der Waals surface area contributed by atoms with Crippen molar-refractivity contribution in [2.75, 3.05) is 26.2 Å². The molecule has 114 valence electrons. The summed E-state index contributed by atoms with van der Waals surface area (Å²) in [6, 6.07) is 7.49. The zero-order valence-corrected chi connectivity index (χ0v) is 12.7. The third-order valence-corrected chi connectivity index (χ3v) is 4.38. The molecular formula is C16H15FN2O2S. The fourth-order valence-corrected chi connectivity index (χ4v) is 3.12. The largest absolute Gasteiger partial charge is 0.335 e. The lowest BCUT2D eigenvalue weighted by molar-refractivity contribution is 0.0535. The summed E-state index contributed by atoms with van der Waals surface area (Å²) in [7, 11) is 0. The second-order valence-electron chi connectivity index (χ2n) is 5.11. The van der Waals surface area contributed by atoms with Crippen molar-refractivity contribution < 1.29 is 14.0 Å². The van der Waals surface area contributed by atoms with E-state index in [-0.39, 0.29) is 11.8 Å². The molecule has 0 spiro atoms. The Kier molecular flexibility index (Phi) is 4.20. The number of piperazine rings is 1. The average molecular weight is 318 g/mol. The number of hydrogen-bond acceptors (Lipinski definition) is 3. The van der Waals surface area contributed by atoms with Gasteiger partial charge >= 0.3 is 0 Å². The van der Waals surface area contributed by atoms with Crippen LogP contribution in [0.15, 0.2) is 41.1 Å².